The van der Waals surface area contributed by atoms with Crippen molar-refractivity contribution in [3.63, 3.8) is 0 Å². The maximum Gasteiger partial charge on any atom is 0.240 e. The summed E-state index contributed by atoms with van der Waals surface area (Å²) in [6, 6.07) is 8.77. The minimum Gasteiger partial charge on any atom is -0.306 e. The Kier molecular flexibility index (Phi) is 6.45. The number of hydrogen-bond donors (Lipinski definition) is 0. The number of likely N-dealkylation sites (tertiary alicyclic amines) is 1. The van der Waals surface area contributed by atoms with Crippen LogP contribution in [0.25, 0.3) is 33.3 Å². The van der Waals surface area contributed by atoms with Crippen molar-refractivity contribution < 1.29 is 8.78 Å². The second-order valence-electron chi connectivity index (χ2n) is 8.49. The average Bonchev–Trinajstić information content (AvgIpc) is 3.36. The van der Waals surface area contributed by atoms with Crippen molar-refractivity contribution in [3.05, 3.63) is 60.2 Å². The highest BCUT2D eigenvalue weighted by atomic mass is 127. The summed E-state index contributed by atoms with van der Waals surface area (Å²) in [4.78, 5) is 6.99. The van der Waals surface area contributed by atoms with Crippen LogP contribution < -0.4 is 0 Å². The fraction of sp³-hybridized carbons (Fsp3) is 0.333. The molecule has 1 saturated heterocycles. The van der Waals surface area contributed by atoms with Gasteiger partial charge in [-0.15, -0.1) is 5.10 Å². The molecule has 5 rings (SSSR count). The molecule has 3 aromatic heterocycles. The molecule has 33 heavy (non-hydrogen) atoms. The van der Waals surface area contributed by atoms with Crippen molar-refractivity contribution in [2.45, 2.75) is 32.2 Å². The minimum absolute atomic E-state index is 0.201. The topological polar surface area (TPSA) is 38.9 Å². The highest BCUT2D eigenvalue weighted by Crippen LogP contribution is 2.40. The third kappa shape index (κ3) is 4.19. The number of benzene rings is 1. The van der Waals surface area contributed by atoms with Crippen LogP contribution in [0.1, 0.15) is 31.5 Å². The van der Waals surface area contributed by atoms with Gasteiger partial charge >= 0.3 is 0 Å². The number of aromatic nitrogens is 4. The van der Waals surface area contributed by atoms with Crippen LogP contribution in [0.3, 0.4) is 0 Å². The normalized spacial score (nSPS) is 15.5. The highest BCUT2D eigenvalue weighted by Gasteiger charge is 2.24. The molecule has 0 atom stereocenters. The van der Waals surface area contributed by atoms with E-state index in [1.165, 1.54) is 15.2 Å². The molecule has 1 aliphatic heterocycles. The van der Waals surface area contributed by atoms with Crippen LogP contribution in [-0.2, 0) is 6.42 Å². The molecule has 0 bridgehead atoms. The number of hydrogen-bond acceptors (Lipinski definition) is 4. The fourth-order valence-electron chi connectivity index (χ4n) is 4.71. The van der Waals surface area contributed by atoms with Crippen LogP contribution in [0.2, 0.25) is 0 Å². The fourth-order valence-corrected chi connectivity index (χ4v) is 6.49. The summed E-state index contributed by atoms with van der Waals surface area (Å²) in [5.41, 5.74) is 4.70. The van der Waals surface area contributed by atoms with E-state index in [4.69, 9.17) is 4.98 Å². The van der Waals surface area contributed by atoms with Gasteiger partial charge < -0.3 is 4.90 Å². The zero-order chi connectivity index (χ0) is 23.1. The van der Waals surface area contributed by atoms with Gasteiger partial charge in [0, 0.05) is 64.9 Å². The Labute approximate surface area is 207 Å². The highest BCUT2D eigenvalue weighted by molar-refractivity contribution is 14.2. The second kappa shape index (κ2) is 9.34. The molecule has 1 aromatic carbocycles. The molecule has 1 fully saturated rings. The van der Waals surface area contributed by atoms with Gasteiger partial charge in [0.05, 0.1) is 11.6 Å². The lowest BCUT2D eigenvalue weighted by Gasteiger charge is -2.28. The van der Waals surface area contributed by atoms with Crippen molar-refractivity contribution in [1.29, 1.82) is 0 Å². The van der Waals surface area contributed by atoms with Gasteiger partial charge in [-0.25, -0.2) is 9.37 Å². The smallest absolute Gasteiger partial charge is 0.240 e. The lowest BCUT2D eigenvalue weighted by atomic mass is 10.00. The lowest BCUT2D eigenvalue weighted by molar-refractivity contribution is 0.210. The van der Waals surface area contributed by atoms with Gasteiger partial charge in [0.25, 0.3) is 0 Å². The zero-order valence-corrected chi connectivity index (χ0v) is 21.4. The molecular weight excluding hydrogens is 555 g/mol. The van der Waals surface area contributed by atoms with E-state index in [-0.39, 0.29) is 11.9 Å². The van der Waals surface area contributed by atoms with Gasteiger partial charge in [0.15, 0.2) is 5.65 Å². The van der Waals surface area contributed by atoms with Crippen molar-refractivity contribution >= 4 is 41.4 Å². The second-order valence-corrected chi connectivity index (χ2v) is 10.2. The van der Waals surface area contributed by atoms with Gasteiger partial charge in [0.2, 0.25) is 5.95 Å². The Balaban J connectivity index is 1.64. The van der Waals surface area contributed by atoms with Crippen LogP contribution in [0.4, 0.5) is 8.78 Å². The molecular formula is C24H24F2IN5S. The molecule has 172 valence electrons. The molecule has 9 heteroatoms. The van der Waals surface area contributed by atoms with E-state index in [0.29, 0.717) is 11.1 Å². The van der Waals surface area contributed by atoms with E-state index in [1.54, 1.807) is 29.2 Å². The summed E-state index contributed by atoms with van der Waals surface area (Å²) in [5.74, 6) is -0.770. The summed E-state index contributed by atoms with van der Waals surface area (Å²) < 4.78 is 32.9. The van der Waals surface area contributed by atoms with E-state index in [9.17, 15) is 8.78 Å². The summed E-state index contributed by atoms with van der Waals surface area (Å²) in [6.45, 7) is 4.03. The minimum atomic E-state index is -0.485. The van der Waals surface area contributed by atoms with Crippen molar-refractivity contribution in [1.82, 2.24) is 23.6 Å². The summed E-state index contributed by atoms with van der Waals surface area (Å²) >= 11 is 2.23. The van der Waals surface area contributed by atoms with Crippen LogP contribution in [0.5, 0.6) is 0 Å². The molecule has 0 spiro atoms. The Morgan fingerprint density at radius 1 is 1.15 bits per heavy atom. The monoisotopic (exact) mass is 579 g/mol. The first kappa shape index (κ1) is 22.8. The summed E-state index contributed by atoms with van der Waals surface area (Å²) in [7, 11) is 3.64. The molecule has 0 amide bonds. The Morgan fingerprint density at radius 2 is 1.94 bits per heavy atom. The van der Waals surface area contributed by atoms with Gasteiger partial charge in [-0.1, -0.05) is 19.1 Å². The molecule has 0 aliphatic carbocycles. The average molecular weight is 579 g/mol. The molecule has 5 nitrogen and oxygen atoms in total. The van der Waals surface area contributed by atoms with E-state index in [1.807, 2.05) is 12.1 Å². The first-order valence-corrected chi connectivity index (χ1v) is 14.3. The largest absolute Gasteiger partial charge is 0.306 e. The van der Waals surface area contributed by atoms with E-state index < -0.39 is 5.95 Å². The predicted octanol–water partition coefficient (Wildman–Crippen LogP) is 6.52. The van der Waals surface area contributed by atoms with Crippen molar-refractivity contribution in [2.24, 2.45) is 0 Å². The van der Waals surface area contributed by atoms with Gasteiger partial charge in [-0.2, -0.15) is 4.39 Å². The maximum atomic E-state index is 15.0. The Bertz CT molecular complexity index is 1310. The SMILES string of the molecule is CCc1c(-c2cccc(F)c2)c2cc(-c3cn(C4CCN(C)CC4)nc3F)cnc2n1SI. The van der Waals surface area contributed by atoms with Gasteiger partial charge in [0.1, 0.15) is 5.82 Å². The number of fused-ring (bicyclic) bond motifs is 1. The molecule has 0 saturated carbocycles. The van der Waals surface area contributed by atoms with Crippen LogP contribution >= 0.6 is 30.3 Å². The van der Waals surface area contributed by atoms with Gasteiger partial charge in [-0.3, -0.25) is 8.65 Å². The molecule has 0 unspecified atom stereocenters. The molecule has 0 radical (unpaired) electrons. The van der Waals surface area contributed by atoms with E-state index >= 15 is 0 Å². The number of halogens is 3. The molecule has 0 N–H and O–H groups in total. The van der Waals surface area contributed by atoms with E-state index in [0.717, 1.165) is 60.2 Å². The zero-order valence-electron chi connectivity index (χ0n) is 18.4. The molecule has 4 aromatic rings. The first-order valence-electron chi connectivity index (χ1n) is 11.0. The summed E-state index contributed by atoms with van der Waals surface area (Å²) in [6.07, 6.45) is 6.18. The Hall–Kier alpha value is -1.98. The molecule has 4 heterocycles. The van der Waals surface area contributed by atoms with Crippen molar-refractivity contribution in [3.8, 4) is 22.3 Å². The standard InChI is InChI=1S/C24H24F2IN5S/c1-3-21-22(15-5-4-6-17(25)11-15)19-12-16(13-28-24(19)32(21)33-27)20-14-31(29-23(20)26)18-7-9-30(2)10-8-18/h4-6,11-14,18H,3,7-10H2,1-2H3. The number of piperidine rings is 1. The van der Waals surface area contributed by atoms with Crippen molar-refractivity contribution in [2.75, 3.05) is 20.1 Å². The molecule has 1 aliphatic rings. The quantitative estimate of drug-likeness (QED) is 0.253. The van der Waals surface area contributed by atoms with Crippen LogP contribution in [0, 0.1) is 11.8 Å². The van der Waals surface area contributed by atoms with Crippen LogP contribution in [0.15, 0.2) is 42.7 Å². The number of pyridine rings is 1. The lowest BCUT2D eigenvalue weighted by Crippen LogP contribution is -2.31. The number of rotatable bonds is 5. The first-order chi connectivity index (χ1) is 16.0. The summed E-state index contributed by atoms with van der Waals surface area (Å²) in [5, 5.41) is 5.09. The van der Waals surface area contributed by atoms with Crippen LogP contribution in [-0.4, -0.2) is 43.8 Å². The van der Waals surface area contributed by atoms with Gasteiger partial charge in [-0.05, 0) is 63.2 Å². The Morgan fingerprint density at radius 3 is 2.64 bits per heavy atom. The predicted molar refractivity (Wildman–Crippen MR) is 138 cm³/mol. The number of nitrogens with zero attached hydrogens (tertiary/aromatic N) is 5. The van der Waals surface area contributed by atoms with E-state index in [2.05, 4.69) is 49.1 Å². The third-order valence-electron chi connectivity index (χ3n) is 6.44. The third-order valence-corrected chi connectivity index (χ3v) is 8.15. The maximum absolute atomic E-state index is 15.0.